The van der Waals surface area contributed by atoms with Gasteiger partial charge in [0.25, 0.3) is 0 Å². The molecule has 0 radical (unpaired) electrons. The summed E-state index contributed by atoms with van der Waals surface area (Å²) in [5, 5.41) is 3.66. The van der Waals surface area contributed by atoms with Crippen molar-refractivity contribution in [3.8, 4) is 11.5 Å². The molecule has 0 saturated heterocycles. The number of hydrogen-bond acceptors (Lipinski definition) is 3. The molecule has 2 aliphatic carbocycles. The molecular weight excluding hydrogens is 226 g/mol. The number of methoxy groups -OCH3 is 2. The molecule has 2 aliphatic rings. The second kappa shape index (κ2) is 4.71. The Morgan fingerprint density at radius 2 is 1.89 bits per heavy atom. The molecule has 2 bridgehead atoms. The van der Waals surface area contributed by atoms with E-state index in [9.17, 15) is 0 Å². The van der Waals surface area contributed by atoms with Crippen molar-refractivity contribution in [3.63, 3.8) is 0 Å². The Morgan fingerprint density at radius 1 is 1.06 bits per heavy atom. The van der Waals surface area contributed by atoms with E-state index in [0.717, 1.165) is 29.0 Å². The lowest BCUT2D eigenvalue weighted by atomic mass is 9.95. The fraction of sp³-hybridized carbons (Fsp3) is 0.600. The summed E-state index contributed by atoms with van der Waals surface area (Å²) in [5.74, 6) is 3.43. The van der Waals surface area contributed by atoms with Crippen LogP contribution >= 0.6 is 0 Å². The largest absolute Gasteiger partial charge is 0.493 e. The summed E-state index contributed by atoms with van der Waals surface area (Å²) in [6, 6.07) is 6.73. The van der Waals surface area contributed by atoms with Gasteiger partial charge in [-0.25, -0.2) is 0 Å². The summed E-state index contributed by atoms with van der Waals surface area (Å²) in [4.78, 5) is 0. The molecule has 18 heavy (non-hydrogen) atoms. The molecule has 3 rings (SSSR count). The van der Waals surface area contributed by atoms with Gasteiger partial charge in [0.05, 0.1) is 14.2 Å². The first kappa shape index (κ1) is 11.7. The number of fused-ring (bicyclic) bond motifs is 2. The molecule has 3 atom stereocenters. The van der Waals surface area contributed by atoms with Gasteiger partial charge in [0.1, 0.15) is 0 Å². The topological polar surface area (TPSA) is 30.5 Å². The predicted octanol–water partition coefficient (Wildman–Crippen LogP) is 3.30. The van der Waals surface area contributed by atoms with Gasteiger partial charge in [0.15, 0.2) is 11.5 Å². The maximum absolute atomic E-state index is 5.34. The highest BCUT2D eigenvalue weighted by Crippen LogP contribution is 2.45. The third-order valence-corrected chi connectivity index (χ3v) is 4.47. The van der Waals surface area contributed by atoms with E-state index < -0.39 is 0 Å². The Bertz CT molecular complexity index is 433. The van der Waals surface area contributed by atoms with Crippen LogP contribution < -0.4 is 14.8 Å². The van der Waals surface area contributed by atoms with E-state index in [4.69, 9.17) is 9.47 Å². The van der Waals surface area contributed by atoms with E-state index in [2.05, 4.69) is 11.4 Å². The van der Waals surface area contributed by atoms with Gasteiger partial charge in [0, 0.05) is 17.8 Å². The van der Waals surface area contributed by atoms with Crippen LogP contribution in [0.15, 0.2) is 18.2 Å². The molecule has 0 unspecified atom stereocenters. The van der Waals surface area contributed by atoms with Crippen LogP contribution in [0.1, 0.15) is 25.7 Å². The van der Waals surface area contributed by atoms with Crippen molar-refractivity contribution in [1.82, 2.24) is 0 Å². The highest BCUT2D eigenvalue weighted by atomic mass is 16.5. The molecule has 2 fully saturated rings. The van der Waals surface area contributed by atoms with E-state index in [1.165, 1.54) is 25.7 Å². The molecule has 98 valence electrons. The van der Waals surface area contributed by atoms with Gasteiger partial charge in [-0.1, -0.05) is 6.42 Å². The number of anilines is 1. The first-order valence-corrected chi connectivity index (χ1v) is 6.78. The maximum Gasteiger partial charge on any atom is 0.162 e. The third-order valence-electron chi connectivity index (χ3n) is 4.47. The third kappa shape index (κ3) is 2.02. The average Bonchev–Trinajstić information content (AvgIpc) is 3.01. The summed E-state index contributed by atoms with van der Waals surface area (Å²) in [7, 11) is 3.35. The Labute approximate surface area is 108 Å². The molecule has 0 aliphatic heterocycles. The zero-order valence-electron chi connectivity index (χ0n) is 11.1. The van der Waals surface area contributed by atoms with E-state index >= 15 is 0 Å². The van der Waals surface area contributed by atoms with E-state index in [0.29, 0.717) is 6.04 Å². The molecule has 2 saturated carbocycles. The van der Waals surface area contributed by atoms with Crippen molar-refractivity contribution in [1.29, 1.82) is 0 Å². The summed E-state index contributed by atoms with van der Waals surface area (Å²) in [5.41, 5.74) is 1.14. The molecule has 1 aromatic rings. The Morgan fingerprint density at radius 3 is 2.50 bits per heavy atom. The van der Waals surface area contributed by atoms with E-state index in [1.807, 2.05) is 12.1 Å². The average molecular weight is 247 g/mol. The fourth-order valence-corrected chi connectivity index (χ4v) is 3.56. The van der Waals surface area contributed by atoms with Crippen molar-refractivity contribution < 1.29 is 9.47 Å². The summed E-state index contributed by atoms with van der Waals surface area (Å²) < 4.78 is 10.6. The lowest BCUT2D eigenvalue weighted by Crippen LogP contribution is -2.25. The highest BCUT2D eigenvalue weighted by molar-refractivity contribution is 5.55. The quantitative estimate of drug-likeness (QED) is 0.885. The first-order chi connectivity index (χ1) is 8.80. The van der Waals surface area contributed by atoms with Crippen LogP contribution in [0, 0.1) is 11.8 Å². The van der Waals surface area contributed by atoms with Crippen LogP contribution in [-0.2, 0) is 0 Å². The number of benzene rings is 1. The van der Waals surface area contributed by atoms with Crippen LogP contribution in [0.25, 0.3) is 0 Å². The number of nitrogens with one attached hydrogen (secondary N) is 1. The number of hydrogen-bond donors (Lipinski definition) is 1. The van der Waals surface area contributed by atoms with Gasteiger partial charge in [-0.05, 0) is 43.2 Å². The van der Waals surface area contributed by atoms with Crippen LogP contribution in [0.2, 0.25) is 0 Å². The number of ether oxygens (including phenoxy) is 2. The molecule has 0 amide bonds. The van der Waals surface area contributed by atoms with Gasteiger partial charge in [-0.15, -0.1) is 0 Å². The minimum atomic E-state index is 0.654. The highest BCUT2D eigenvalue weighted by Gasteiger charge is 2.39. The standard InChI is InChI=1S/C15H21NO2/c1-17-14-6-5-12(9-15(14)18-2)16-13-8-10-3-4-11(13)7-10/h5-6,9-11,13,16H,3-4,7-8H2,1-2H3/t10-,11-,13+/m0/s1. The molecule has 0 aromatic heterocycles. The van der Waals surface area contributed by atoms with Crippen molar-refractivity contribution in [2.24, 2.45) is 11.8 Å². The van der Waals surface area contributed by atoms with Crippen LogP contribution in [0.4, 0.5) is 5.69 Å². The smallest absolute Gasteiger partial charge is 0.162 e. The summed E-state index contributed by atoms with van der Waals surface area (Å²) in [6.07, 6.45) is 5.59. The molecule has 0 spiro atoms. The Hall–Kier alpha value is -1.38. The minimum Gasteiger partial charge on any atom is -0.493 e. The van der Waals surface area contributed by atoms with Crippen molar-refractivity contribution >= 4 is 5.69 Å². The van der Waals surface area contributed by atoms with Crippen molar-refractivity contribution in [3.05, 3.63) is 18.2 Å². The zero-order valence-corrected chi connectivity index (χ0v) is 11.1. The molecule has 3 heteroatoms. The van der Waals surface area contributed by atoms with E-state index in [-0.39, 0.29) is 0 Å². The maximum atomic E-state index is 5.34. The lowest BCUT2D eigenvalue weighted by molar-refractivity contribution is 0.355. The van der Waals surface area contributed by atoms with E-state index in [1.54, 1.807) is 14.2 Å². The fourth-order valence-electron chi connectivity index (χ4n) is 3.56. The normalized spacial score (nSPS) is 29.3. The predicted molar refractivity (Wildman–Crippen MR) is 72.4 cm³/mol. The summed E-state index contributed by atoms with van der Waals surface area (Å²) >= 11 is 0. The van der Waals surface area contributed by atoms with Gasteiger partial charge >= 0.3 is 0 Å². The minimum absolute atomic E-state index is 0.654. The monoisotopic (exact) mass is 247 g/mol. The molecule has 0 heterocycles. The second-order valence-corrected chi connectivity index (χ2v) is 5.50. The first-order valence-electron chi connectivity index (χ1n) is 6.78. The van der Waals surface area contributed by atoms with Gasteiger partial charge < -0.3 is 14.8 Å². The Kier molecular flexibility index (Phi) is 3.06. The lowest BCUT2D eigenvalue weighted by Gasteiger charge is -2.24. The summed E-state index contributed by atoms with van der Waals surface area (Å²) in [6.45, 7) is 0. The molecular formula is C15H21NO2. The van der Waals surface area contributed by atoms with Gasteiger partial charge in [-0.3, -0.25) is 0 Å². The zero-order chi connectivity index (χ0) is 12.5. The molecule has 1 N–H and O–H groups in total. The Balaban J connectivity index is 1.73. The second-order valence-electron chi connectivity index (χ2n) is 5.50. The van der Waals surface area contributed by atoms with Crippen molar-refractivity contribution in [2.45, 2.75) is 31.7 Å². The van der Waals surface area contributed by atoms with Crippen molar-refractivity contribution in [2.75, 3.05) is 19.5 Å². The molecule has 3 nitrogen and oxygen atoms in total. The number of rotatable bonds is 4. The van der Waals surface area contributed by atoms with Gasteiger partial charge in [0.2, 0.25) is 0 Å². The SMILES string of the molecule is COc1ccc(N[C@@H]2C[C@H]3CC[C@H]2C3)cc1OC. The van der Waals surface area contributed by atoms with Crippen LogP contribution in [0.3, 0.4) is 0 Å². The molecule has 1 aromatic carbocycles. The van der Waals surface area contributed by atoms with Crippen LogP contribution in [-0.4, -0.2) is 20.3 Å². The van der Waals surface area contributed by atoms with Crippen LogP contribution in [0.5, 0.6) is 11.5 Å². The van der Waals surface area contributed by atoms with Gasteiger partial charge in [-0.2, -0.15) is 0 Å².